The standard InChI is InChI=1S/C11H15FN2O3S/c1-8(7-18(3)17)13(2)10-6-4-5-9(12)11(10)14(15)16/h4-6,8H,7H2,1-3H3. The lowest BCUT2D eigenvalue weighted by atomic mass is 10.2. The molecule has 18 heavy (non-hydrogen) atoms. The number of nitrogens with zero attached hydrogens (tertiary/aromatic N) is 2. The first-order valence-corrected chi connectivity index (χ1v) is 7.03. The average Bonchev–Trinajstić information content (AvgIpc) is 2.26. The van der Waals surface area contributed by atoms with Gasteiger partial charge in [0.25, 0.3) is 0 Å². The van der Waals surface area contributed by atoms with Crippen LogP contribution in [0.1, 0.15) is 6.92 Å². The van der Waals surface area contributed by atoms with Crippen LogP contribution >= 0.6 is 0 Å². The maximum Gasteiger partial charge on any atom is 0.327 e. The van der Waals surface area contributed by atoms with Gasteiger partial charge >= 0.3 is 5.69 Å². The van der Waals surface area contributed by atoms with Gasteiger partial charge in [0.1, 0.15) is 5.69 Å². The van der Waals surface area contributed by atoms with Gasteiger partial charge in [-0.05, 0) is 19.1 Å². The van der Waals surface area contributed by atoms with Crippen LogP contribution in [0.15, 0.2) is 18.2 Å². The molecular formula is C11H15FN2O3S. The molecule has 0 aliphatic heterocycles. The molecule has 1 aromatic rings. The van der Waals surface area contributed by atoms with Gasteiger partial charge in [-0.3, -0.25) is 14.3 Å². The van der Waals surface area contributed by atoms with Gasteiger partial charge in [0.2, 0.25) is 5.82 Å². The van der Waals surface area contributed by atoms with Crippen molar-refractivity contribution in [3.63, 3.8) is 0 Å². The van der Waals surface area contributed by atoms with Crippen LogP contribution in [0, 0.1) is 15.9 Å². The summed E-state index contributed by atoms with van der Waals surface area (Å²) in [6.07, 6.45) is 1.56. The normalized spacial score (nSPS) is 14.0. The summed E-state index contributed by atoms with van der Waals surface area (Å²) < 4.78 is 24.6. The van der Waals surface area contributed by atoms with E-state index < -0.39 is 27.2 Å². The summed E-state index contributed by atoms with van der Waals surface area (Å²) in [5.41, 5.74) is -0.355. The fourth-order valence-corrected chi connectivity index (χ4v) is 2.56. The highest BCUT2D eigenvalue weighted by Crippen LogP contribution is 2.31. The van der Waals surface area contributed by atoms with Crippen molar-refractivity contribution in [1.82, 2.24) is 0 Å². The molecule has 0 radical (unpaired) electrons. The number of nitro benzene ring substituents is 1. The van der Waals surface area contributed by atoms with Gasteiger partial charge in [-0.15, -0.1) is 0 Å². The SMILES string of the molecule is CC(CS(C)=O)N(C)c1cccc(F)c1[N+](=O)[O-]. The van der Waals surface area contributed by atoms with Gasteiger partial charge in [-0.2, -0.15) is 4.39 Å². The topological polar surface area (TPSA) is 63.5 Å². The second-order valence-corrected chi connectivity index (χ2v) is 5.54. The van der Waals surface area contributed by atoms with E-state index in [9.17, 15) is 18.7 Å². The Kier molecular flexibility index (Phi) is 4.77. The summed E-state index contributed by atoms with van der Waals surface area (Å²) in [5.74, 6) is -0.501. The zero-order valence-electron chi connectivity index (χ0n) is 10.4. The van der Waals surface area contributed by atoms with Crippen molar-refractivity contribution in [3.8, 4) is 0 Å². The van der Waals surface area contributed by atoms with Crippen LogP contribution in [0.4, 0.5) is 15.8 Å². The van der Waals surface area contributed by atoms with Gasteiger partial charge < -0.3 is 4.90 Å². The Bertz CT molecular complexity index is 481. The molecule has 1 aromatic carbocycles. The van der Waals surface area contributed by atoms with Crippen molar-refractivity contribution in [3.05, 3.63) is 34.1 Å². The first kappa shape index (κ1) is 14.6. The fourth-order valence-electron chi connectivity index (χ4n) is 1.66. The highest BCUT2D eigenvalue weighted by molar-refractivity contribution is 7.84. The molecule has 2 unspecified atom stereocenters. The molecule has 0 fully saturated rings. The minimum absolute atomic E-state index is 0.184. The van der Waals surface area contributed by atoms with E-state index in [4.69, 9.17) is 0 Å². The lowest BCUT2D eigenvalue weighted by Crippen LogP contribution is -2.33. The lowest BCUT2D eigenvalue weighted by molar-refractivity contribution is -0.386. The van der Waals surface area contributed by atoms with Crippen molar-refractivity contribution in [2.75, 3.05) is 24.0 Å². The van der Waals surface area contributed by atoms with Crippen LogP contribution < -0.4 is 4.90 Å². The Morgan fingerprint density at radius 2 is 2.17 bits per heavy atom. The third-order valence-electron chi connectivity index (χ3n) is 2.67. The van der Waals surface area contributed by atoms with Gasteiger partial charge in [-0.25, -0.2) is 0 Å². The van der Waals surface area contributed by atoms with Gasteiger partial charge in [0, 0.05) is 35.9 Å². The number of rotatable bonds is 5. The number of benzene rings is 1. The van der Waals surface area contributed by atoms with E-state index in [1.165, 1.54) is 12.1 Å². The molecule has 0 saturated heterocycles. The zero-order valence-corrected chi connectivity index (χ0v) is 11.2. The van der Waals surface area contributed by atoms with Crippen molar-refractivity contribution >= 4 is 22.2 Å². The molecule has 0 spiro atoms. The van der Waals surface area contributed by atoms with E-state index in [1.807, 2.05) is 0 Å². The highest BCUT2D eigenvalue weighted by Gasteiger charge is 2.24. The van der Waals surface area contributed by atoms with E-state index in [2.05, 4.69) is 0 Å². The summed E-state index contributed by atoms with van der Waals surface area (Å²) in [6.45, 7) is 1.79. The molecule has 5 nitrogen and oxygen atoms in total. The van der Waals surface area contributed by atoms with Crippen molar-refractivity contribution in [2.24, 2.45) is 0 Å². The first-order valence-electron chi connectivity index (χ1n) is 5.30. The molecule has 0 bridgehead atoms. The van der Waals surface area contributed by atoms with E-state index >= 15 is 0 Å². The molecule has 100 valence electrons. The second kappa shape index (κ2) is 5.90. The number of para-hydroxylation sites is 1. The van der Waals surface area contributed by atoms with Crippen LogP contribution in [0.2, 0.25) is 0 Å². The largest absolute Gasteiger partial charge is 0.365 e. The van der Waals surface area contributed by atoms with Crippen LogP contribution in [-0.4, -0.2) is 34.2 Å². The molecule has 0 heterocycles. The Morgan fingerprint density at radius 3 is 2.67 bits per heavy atom. The van der Waals surface area contributed by atoms with Crippen molar-refractivity contribution in [2.45, 2.75) is 13.0 Å². The summed E-state index contributed by atoms with van der Waals surface area (Å²) in [6, 6.07) is 3.77. The number of anilines is 1. The lowest BCUT2D eigenvalue weighted by Gasteiger charge is -2.25. The Labute approximate surface area is 107 Å². The number of hydrogen-bond donors (Lipinski definition) is 0. The number of nitro groups is 1. The van der Waals surface area contributed by atoms with E-state index in [1.54, 1.807) is 25.1 Å². The molecule has 1 rings (SSSR count). The molecule has 0 N–H and O–H groups in total. The Hall–Kier alpha value is -1.50. The molecule has 2 atom stereocenters. The minimum atomic E-state index is -1.02. The molecular weight excluding hydrogens is 259 g/mol. The molecule has 0 amide bonds. The summed E-state index contributed by atoms with van der Waals surface area (Å²) in [4.78, 5) is 11.7. The number of hydrogen-bond acceptors (Lipinski definition) is 4. The van der Waals surface area contributed by atoms with Gasteiger partial charge in [0.05, 0.1) is 4.92 Å². The third-order valence-corrected chi connectivity index (χ3v) is 3.62. The maximum absolute atomic E-state index is 13.5. The summed E-state index contributed by atoms with van der Waals surface area (Å²) >= 11 is 0. The second-order valence-electron chi connectivity index (χ2n) is 4.06. The first-order chi connectivity index (χ1) is 8.34. The zero-order chi connectivity index (χ0) is 13.9. The smallest absolute Gasteiger partial charge is 0.327 e. The van der Waals surface area contributed by atoms with E-state index in [-0.39, 0.29) is 11.7 Å². The quantitative estimate of drug-likeness (QED) is 0.608. The maximum atomic E-state index is 13.5. The molecule has 0 aliphatic carbocycles. The van der Waals surface area contributed by atoms with Crippen LogP contribution in [0.25, 0.3) is 0 Å². The van der Waals surface area contributed by atoms with Crippen LogP contribution in [0.3, 0.4) is 0 Å². The predicted molar refractivity (Wildman–Crippen MR) is 69.9 cm³/mol. The van der Waals surface area contributed by atoms with E-state index in [0.29, 0.717) is 5.75 Å². The monoisotopic (exact) mass is 274 g/mol. The predicted octanol–water partition coefficient (Wildman–Crippen LogP) is 1.94. The summed E-state index contributed by atoms with van der Waals surface area (Å²) in [7, 11) is 0.606. The van der Waals surface area contributed by atoms with Crippen LogP contribution in [-0.2, 0) is 10.8 Å². The van der Waals surface area contributed by atoms with E-state index in [0.717, 1.165) is 6.07 Å². The van der Waals surface area contributed by atoms with Gasteiger partial charge in [0.15, 0.2) is 0 Å². The fraction of sp³-hybridized carbons (Fsp3) is 0.455. The molecule has 0 saturated carbocycles. The minimum Gasteiger partial charge on any atom is -0.365 e. The number of halogens is 1. The Balaban J connectivity index is 3.12. The molecule has 0 aromatic heterocycles. The third kappa shape index (κ3) is 3.25. The molecule has 7 heteroatoms. The van der Waals surface area contributed by atoms with Crippen molar-refractivity contribution < 1.29 is 13.5 Å². The summed E-state index contributed by atoms with van der Waals surface area (Å²) in [5, 5.41) is 10.9. The molecule has 0 aliphatic rings. The van der Waals surface area contributed by atoms with Gasteiger partial charge in [-0.1, -0.05) is 6.07 Å². The highest BCUT2D eigenvalue weighted by atomic mass is 32.2. The van der Waals surface area contributed by atoms with Crippen molar-refractivity contribution in [1.29, 1.82) is 0 Å². The average molecular weight is 274 g/mol. The van der Waals surface area contributed by atoms with Crippen LogP contribution in [0.5, 0.6) is 0 Å². The Morgan fingerprint density at radius 1 is 1.56 bits per heavy atom.